The molecule has 0 aromatic heterocycles. The van der Waals surface area contributed by atoms with Crippen LogP contribution < -0.4 is 5.32 Å². The van der Waals surface area contributed by atoms with E-state index in [1.54, 1.807) is 0 Å². The van der Waals surface area contributed by atoms with E-state index in [9.17, 15) is 13.5 Å². The fourth-order valence-corrected chi connectivity index (χ4v) is 1.84. The van der Waals surface area contributed by atoms with Gasteiger partial charge in [0.1, 0.15) is 6.23 Å². The molecule has 5 N–H and O–H groups in total. The van der Waals surface area contributed by atoms with Crippen molar-refractivity contribution in [3.63, 3.8) is 0 Å². The van der Waals surface area contributed by atoms with E-state index >= 15 is 0 Å². The van der Waals surface area contributed by atoms with Gasteiger partial charge < -0.3 is 15.3 Å². The SMILES string of the molecule is CC(C)CC(CO)NC(O)CC(O)S(=O)(=O)O. The van der Waals surface area contributed by atoms with E-state index < -0.39 is 34.2 Å². The van der Waals surface area contributed by atoms with Crippen LogP contribution in [0.2, 0.25) is 0 Å². The van der Waals surface area contributed by atoms with Crippen LogP contribution in [-0.4, -0.2) is 52.6 Å². The average molecular weight is 271 g/mol. The molecule has 3 atom stereocenters. The summed E-state index contributed by atoms with van der Waals surface area (Å²) in [5.74, 6) is 0.290. The lowest BCUT2D eigenvalue weighted by Crippen LogP contribution is -2.43. The Balaban J connectivity index is 4.19. The van der Waals surface area contributed by atoms with Crippen molar-refractivity contribution >= 4 is 10.1 Å². The second-order valence-electron chi connectivity index (χ2n) is 4.40. The second-order valence-corrected chi connectivity index (χ2v) is 5.97. The number of rotatable bonds is 8. The lowest BCUT2D eigenvalue weighted by atomic mass is 10.0. The average Bonchev–Trinajstić information content (AvgIpc) is 2.14. The molecule has 104 valence electrons. The van der Waals surface area contributed by atoms with Crippen molar-refractivity contribution in [2.75, 3.05) is 6.61 Å². The van der Waals surface area contributed by atoms with Crippen LogP contribution in [0, 0.1) is 5.92 Å². The molecule has 0 amide bonds. The first kappa shape index (κ1) is 16.8. The molecule has 0 aliphatic carbocycles. The van der Waals surface area contributed by atoms with Gasteiger partial charge in [0, 0.05) is 12.5 Å². The van der Waals surface area contributed by atoms with Crippen LogP contribution in [0.1, 0.15) is 26.7 Å². The molecule has 0 rings (SSSR count). The van der Waals surface area contributed by atoms with Gasteiger partial charge >= 0.3 is 0 Å². The Morgan fingerprint density at radius 2 is 1.71 bits per heavy atom. The van der Waals surface area contributed by atoms with Gasteiger partial charge in [-0.3, -0.25) is 9.87 Å². The van der Waals surface area contributed by atoms with E-state index in [2.05, 4.69) is 5.32 Å². The van der Waals surface area contributed by atoms with Gasteiger partial charge in [-0.15, -0.1) is 0 Å². The Hall–Kier alpha value is -0.250. The zero-order valence-corrected chi connectivity index (χ0v) is 10.8. The first-order chi connectivity index (χ1) is 7.66. The number of aliphatic hydroxyl groups is 3. The highest BCUT2D eigenvalue weighted by atomic mass is 32.2. The minimum Gasteiger partial charge on any atom is -0.395 e. The lowest BCUT2D eigenvalue weighted by Gasteiger charge is -2.23. The van der Waals surface area contributed by atoms with E-state index in [-0.39, 0.29) is 6.61 Å². The number of hydrogen-bond donors (Lipinski definition) is 5. The largest absolute Gasteiger partial charge is 0.395 e. The summed E-state index contributed by atoms with van der Waals surface area (Å²) in [5, 5.41) is 30.0. The highest BCUT2D eigenvalue weighted by molar-refractivity contribution is 7.86. The van der Waals surface area contributed by atoms with Crippen molar-refractivity contribution < 1.29 is 28.3 Å². The molecular weight excluding hydrogens is 250 g/mol. The molecule has 0 saturated heterocycles. The highest BCUT2D eigenvalue weighted by Crippen LogP contribution is 2.07. The standard InChI is InChI=1S/C9H21NO6S/c1-6(2)3-7(5-11)10-8(12)4-9(13)17(14,15)16/h6-13H,3-5H2,1-2H3,(H,14,15,16). The van der Waals surface area contributed by atoms with Gasteiger partial charge in [-0.05, 0) is 12.3 Å². The summed E-state index contributed by atoms with van der Waals surface area (Å²) in [6.07, 6.45) is -1.29. The summed E-state index contributed by atoms with van der Waals surface area (Å²) in [4.78, 5) is 0. The van der Waals surface area contributed by atoms with E-state index in [4.69, 9.17) is 14.8 Å². The minimum atomic E-state index is -4.57. The summed E-state index contributed by atoms with van der Waals surface area (Å²) in [6.45, 7) is 3.66. The normalized spacial score (nSPS) is 18.1. The van der Waals surface area contributed by atoms with Crippen LogP contribution in [0.4, 0.5) is 0 Å². The van der Waals surface area contributed by atoms with Crippen molar-refractivity contribution in [1.82, 2.24) is 5.32 Å². The third-order valence-electron chi connectivity index (χ3n) is 2.17. The minimum absolute atomic E-state index is 0.211. The quantitative estimate of drug-likeness (QED) is 0.280. The first-order valence-electron chi connectivity index (χ1n) is 5.36. The fourth-order valence-electron chi connectivity index (χ4n) is 1.42. The van der Waals surface area contributed by atoms with E-state index in [0.717, 1.165) is 0 Å². The molecule has 3 unspecified atom stereocenters. The van der Waals surface area contributed by atoms with Crippen molar-refractivity contribution in [2.45, 2.75) is 44.4 Å². The van der Waals surface area contributed by atoms with E-state index in [0.29, 0.717) is 12.3 Å². The summed E-state index contributed by atoms with van der Waals surface area (Å²) in [6, 6.07) is -0.390. The maximum absolute atomic E-state index is 10.5. The molecular formula is C9H21NO6S. The third-order valence-corrected chi connectivity index (χ3v) is 3.05. The Labute approximate surface area is 101 Å². The van der Waals surface area contributed by atoms with Gasteiger partial charge in [0.25, 0.3) is 10.1 Å². The lowest BCUT2D eigenvalue weighted by molar-refractivity contribution is 0.0624. The topological polar surface area (TPSA) is 127 Å². The maximum Gasteiger partial charge on any atom is 0.292 e. The summed E-state index contributed by atoms with van der Waals surface area (Å²) in [7, 11) is -4.57. The first-order valence-corrected chi connectivity index (χ1v) is 6.86. The molecule has 0 heterocycles. The van der Waals surface area contributed by atoms with Gasteiger partial charge in [-0.25, -0.2) is 0 Å². The maximum atomic E-state index is 10.5. The smallest absolute Gasteiger partial charge is 0.292 e. The fraction of sp³-hybridized carbons (Fsp3) is 1.00. The highest BCUT2D eigenvalue weighted by Gasteiger charge is 2.24. The Bertz CT molecular complexity index is 305. The molecule has 7 nitrogen and oxygen atoms in total. The summed E-state index contributed by atoms with van der Waals surface area (Å²) >= 11 is 0. The molecule has 17 heavy (non-hydrogen) atoms. The molecule has 0 spiro atoms. The van der Waals surface area contributed by atoms with Crippen LogP contribution in [0.15, 0.2) is 0 Å². The monoisotopic (exact) mass is 271 g/mol. The van der Waals surface area contributed by atoms with Gasteiger partial charge in [-0.2, -0.15) is 8.42 Å². The molecule has 0 aromatic rings. The molecule has 0 radical (unpaired) electrons. The Kier molecular flexibility index (Phi) is 7.14. The zero-order valence-electron chi connectivity index (χ0n) is 9.94. The molecule has 0 aliphatic rings. The summed E-state index contributed by atoms with van der Waals surface area (Å²) in [5.41, 5.74) is -2.04. The molecule has 0 fully saturated rings. The Morgan fingerprint density at radius 1 is 1.18 bits per heavy atom. The van der Waals surface area contributed by atoms with Gasteiger partial charge in [0.05, 0.1) is 6.61 Å². The third kappa shape index (κ3) is 7.63. The molecule has 8 heteroatoms. The van der Waals surface area contributed by atoms with Crippen molar-refractivity contribution in [3.8, 4) is 0 Å². The Morgan fingerprint density at radius 3 is 2.06 bits per heavy atom. The number of aliphatic hydroxyl groups excluding tert-OH is 3. The van der Waals surface area contributed by atoms with Crippen molar-refractivity contribution in [1.29, 1.82) is 0 Å². The van der Waals surface area contributed by atoms with Crippen LogP contribution in [0.5, 0.6) is 0 Å². The zero-order chi connectivity index (χ0) is 13.6. The van der Waals surface area contributed by atoms with E-state index in [1.807, 2.05) is 13.8 Å². The number of nitrogens with one attached hydrogen (secondary N) is 1. The molecule has 0 aromatic carbocycles. The van der Waals surface area contributed by atoms with Crippen LogP contribution in [0.3, 0.4) is 0 Å². The predicted octanol–water partition coefficient (Wildman–Crippen LogP) is -1.10. The predicted molar refractivity (Wildman–Crippen MR) is 61.6 cm³/mol. The van der Waals surface area contributed by atoms with Crippen LogP contribution in [0.25, 0.3) is 0 Å². The van der Waals surface area contributed by atoms with Crippen molar-refractivity contribution in [2.24, 2.45) is 5.92 Å². The number of hydrogen-bond acceptors (Lipinski definition) is 6. The van der Waals surface area contributed by atoms with Crippen LogP contribution in [-0.2, 0) is 10.1 Å². The molecule has 0 saturated carbocycles. The van der Waals surface area contributed by atoms with Gasteiger partial charge in [0.2, 0.25) is 0 Å². The molecule has 0 aliphatic heterocycles. The van der Waals surface area contributed by atoms with Gasteiger partial charge in [-0.1, -0.05) is 13.8 Å². The van der Waals surface area contributed by atoms with Crippen LogP contribution >= 0.6 is 0 Å². The second kappa shape index (κ2) is 7.24. The van der Waals surface area contributed by atoms with Gasteiger partial charge in [0.15, 0.2) is 5.44 Å². The summed E-state index contributed by atoms with van der Waals surface area (Å²) < 4.78 is 29.5. The molecule has 0 bridgehead atoms. The van der Waals surface area contributed by atoms with E-state index in [1.165, 1.54) is 0 Å². The van der Waals surface area contributed by atoms with Crippen molar-refractivity contribution in [3.05, 3.63) is 0 Å².